The first-order chi connectivity index (χ1) is 20.5. The Balaban J connectivity index is 0.000000173. The van der Waals surface area contributed by atoms with Crippen LogP contribution in [0.5, 0.6) is 11.5 Å². The third-order valence-electron chi connectivity index (χ3n) is 6.97. The van der Waals surface area contributed by atoms with Crippen molar-refractivity contribution in [1.29, 1.82) is 0 Å². The molecule has 11 nitrogen and oxygen atoms in total. The van der Waals surface area contributed by atoms with Gasteiger partial charge in [-0.25, -0.2) is 8.42 Å². The first kappa shape index (κ1) is 30.9. The molecule has 4 aliphatic heterocycles. The summed E-state index contributed by atoms with van der Waals surface area (Å²) < 4.78 is 23.2. The van der Waals surface area contributed by atoms with Crippen LogP contribution in [-0.4, -0.2) is 94.2 Å². The number of thioether (sulfide) groups is 2. The van der Waals surface area contributed by atoms with E-state index in [9.17, 15) is 33.3 Å². The summed E-state index contributed by atoms with van der Waals surface area (Å²) >= 11 is 2.55. The highest BCUT2D eigenvalue weighted by Crippen LogP contribution is 2.35. The van der Waals surface area contributed by atoms with Crippen LogP contribution in [0.3, 0.4) is 0 Å². The number of hydrogen-bond donors (Lipinski definition) is 3. The Morgan fingerprint density at radius 3 is 2.00 bits per heavy atom. The number of aliphatic hydroxyl groups is 1. The van der Waals surface area contributed by atoms with Gasteiger partial charge in [-0.05, 0) is 79.2 Å². The number of rotatable bonds is 3. The number of sulfone groups is 1. The summed E-state index contributed by atoms with van der Waals surface area (Å²) in [5.41, 5.74) is 0.892. The Morgan fingerprint density at radius 2 is 1.42 bits per heavy atom. The number of likely N-dealkylation sites (tertiary alicyclic amines) is 2. The number of aliphatic hydroxyl groups excluding tert-OH is 1. The van der Waals surface area contributed by atoms with Crippen molar-refractivity contribution in [2.24, 2.45) is 9.98 Å². The number of amidine groups is 2. The minimum Gasteiger partial charge on any atom is -0.507 e. The zero-order valence-electron chi connectivity index (χ0n) is 23.2. The van der Waals surface area contributed by atoms with Crippen molar-refractivity contribution < 1.29 is 33.3 Å². The third kappa shape index (κ3) is 7.50. The Bertz CT molecular complexity index is 1680. The predicted molar refractivity (Wildman–Crippen MR) is 168 cm³/mol. The van der Waals surface area contributed by atoms with Crippen molar-refractivity contribution in [3.05, 3.63) is 63.4 Å². The summed E-state index contributed by atoms with van der Waals surface area (Å²) in [6.07, 6.45) is 6.76. The maximum absolute atomic E-state index is 12.0. The normalized spacial score (nSPS) is 22.3. The van der Waals surface area contributed by atoms with Gasteiger partial charge in [0.25, 0.3) is 11.8 Å². The van der Waals surface area contributed by atoms with Crippen LogP contribution in [0.4, 0.5) is 0 Å². The van der Waals surface area contributed by atoms with Gasteiger partial charge in [-0.2, -0.15) is 9.98 Å². The van der Waals surface area contributed by atoms with E-state index in [1.54, 1.807) is 30.3 Å². The number of carbonyl (C=O) groups excluding carboxylic acids is 2. The molecule has 0 aromatic heterocycles. The minimum atomic E-state index is -3.38. The molecule has 0 saturated carbocycles. The number of para-hydroxylation sites is 1. The average Bonchev–Trinajstić information content (AvgIpc) is 3.76. The summed E-state index contributed by atoms with van der Waals surface area (Å²) in [6.45, 7) is 3.01. The van der Waals surface area contributed by atoms with Crippen LogP contribution in [0.2, 0.25) is 0 Å². The van der Waals surface area contributed by atoms with Crippen LogP contribution in [0.1, 0.15) is 30.4 Å². The number of β-amino-alcohol motifs (C(OH)–C–C–N with tert-alkyl or cyclic N) is 1. The van der Waals surface area contributed by atoms with E-state index in [4.69, 9.17) is 0 Å². The molecule has 14 heteroatoms. The zero-order chi connectivity index (χ0) is 30.7. The molecule has 2 saturated heterocycles. The molecule has 0 bridgehead atoms. The van der Waals surface area contributed by atoms with Crippen molar-refractivity contribution in [2.45, 2.75) is 30.3 Å². The van der Waals surface area contributed by atoms with Crippen LogP contribution in [0, 0.1) is 0 Å². The van der Waals surface area contributed by atoms with E-state index < -0.39 is 9.84 Å². The topological polar surface area (TPSA) is 160 Å². The van der Waals surface area contributed by atoms with Gasteiger partial charge in [0, 0.05) is 43.6 Å². The second kappa shape index (κ2) is 13.0. The lowest BCUT2D eigenvalue weighted by atomic mass is 10.2. The first-order valence-corrected chi connectivity index (χ1v) is 17.0. The quantitative estimate of drug-likeness (QED) is 0.422. The van der Waals surface area contributed by atoms with Crippen molar-refractivity contribution in [3.8, 4) is 11.5 Å². The molecule has 0 aliphatic carbocycles. The highest BCUT2D eigenvalue weighted by molar-refractivity contribution is 8.18. The van der Waals surface area contributed by atoms with Crippen LogP contribution in [-0.2, 0) is 19.4 Å². The van der Waals surface area contributed by atoms with E-state index in [2.05, 4.69) is 14.9 Å². The van der Waals surface area contributed by atoms with Gasteiger partial charge in [-0.1, -0.05) is 18.2 Å². The molecule has 43 heavy (non-hydrogen) atoms. The average molecular weight is 643 g/mol. The van der Waals surface area contributed by atoms with Crippen LogP contribution < -0.4 is 0 Å². The van der Waals surface area contributed by atoms with Crippen molar-refractivity contribution in [1.82, 2.24) is 9.80 Å². The van der Waals surface area contributed by atoms with Gasteiger partial charge in [0.2, 0.25) is 0 Å². The van der Waals surface area contributed by atoms with Crippen LogP contribution in [0.15, 0.2) is 67.2 Å². The maximum Gasteiger partial charge on any atom is 0.286 e. The Hall–Kier alpha value is -3.59. The molecule has 0 radical (unpaired) electrons. The molecular weight excluding hydrogens is 613 g/mol. The number of hydrogen-bond acceptors (Lipinski definition) is 11. The molecule has 6 rings (SSSR count). The number of phenolic OH excluding ortho intramolecular Hbond substituents is 2. The molecule has 3 N–H and O–H groups in total. The summed E-state index contributed by atoms with van der Waals surface area (Å²) in [5, 5.41) is 30.5. The number of aliphatic imine (C=N–C) groups is 2. The maximum atomic E-state index is 12.0. The molecule has 1 unspecified atom stereocenters. The minimum absolute atomic E-state index is 0.0760. The second-order valence-electron chi connectivity index (χ2n) is 10.3. The molecule has 0 spiro atoms. The van der Waals surface area contributed by atoms with E-state index >= 15 is 0 Å². The first-order valence-electron chi connectivity index (χ1n) is 13.5. The molecule has 2 aromatic rings. The highest BCUT2D eigenvalue weighted by Gasteiger charge is 2.31. The van der Waals surface area contributed by atoms with Gasteiger partial charge in [-0.3, -0.25) is 9.59 Å². The molecule has 1 atom stereocenters. The lowest BCUT2D eigenvalue weighted by Crippen LogP contribution is -2.26. The smallest absolute Gasteiger partial charge is 0.286 e. The number of amides is 2. The van der Waals surface area contributed by atoms with Gasteiger partial charge < -0.3 is 25.1 Å². The number of nitrogens with zero attached hydrogens (tertiary/aromatic N) is 4. The lowest BCUT2D eigenvalue weighted by Gasteiger charge is -2.15. The largest absolute Gasteiger partial charge is 0.507 e. The fraction of sp³-hybridized carbons (Fsp3) is 0.310. The Morgan fingerprint density at radius 1 is 0.837 bits per heavy atom. The van der Waals surface area contributed by atoms with Crippen LogP contribution >= 0.6 is 23.5 Å². The fourth-order valence-corrected chi connectivity index (χ4v) is 7.21. The molecule has 226 valence electrons. The van der Waals surface area contributed by atoms with Crippen molar-refractivity contribution >= 4 is 67.7 Å². The summed E-state index contributed by atoms with van der Waals surface area (Å²) in [6, 6.07) is 10.9. The highest BCUT2D eigenvalue weighted by atomic mass is 32.2. The monoisotopic (exact) mass is 642 g/mol. The number of aromatic hydroxyl groups is 2. The fourth-order valence-electron chi connectivity index (χ4n) is 4.66. The van der Waals surface area contributed by atoms with E-state index in [1.165, 1.54) is 47.8 Å². The Kier molecular flexibility index (Phi) is 9.30. The summed E-state index contributed by atoms with van der Waals surface area (Å²) in [7, 11) is -3.38. The SMILES string of the molecule is CS(=O)(=O)c1ccc(O)c(/C=C2\SC(N3CCCC3)=NC2=O)c1.O=C1N=C(N2CCC(O)C2)S/C1=C\c1ccccc1O. The summed E-state index contributed by atoms with van der Waals surface area (Å²) in [5.74, 6) is -0.595. The molecule has 2 aromatic carbocycles. The third-order valence-corrected chi connectivity index (χ3v) is 10.2. The summed E-state index contributed by atoms with van der Waals surface area (Å²) in [4.78, 5) is 36.9. The number of benzene rings is 2. The van der Waals surface area contributed by atoms with Crippen LogP contribution in [0.25, 0.3) is 12.2 Å². The standard InChI is InChI=1S/C15H16N2O4S2.C14H14N2O3S/c1-23(20,21)11-4-5-12(18)10(8-11)9-13-14(19)16-15(22-13)17-6-2-3-7-17;17-10-5-6-16(8-10)14-15-13(19)12(20-14)7-9-3-1-2-4-11(9)18/h4-5,8-9,18H,2-3,6-7H2,1H3;1-4,7,10,17-18H,5-6,8H2/b13-9-;12-7-. The predicted octanol–water partition coefficient (Wildman–Crippen LogP) is 3.29. The number of carbonyl (C=O) groups is 2. The second-order valence-corrected chi connectivity index (χ2v) is 14.3. The molecule has 2 fully saturated rings. The van der Waals surface area contributed by atoms with E-state index in [1.807, 2.05) is 4.90 Å². The van der Waals surface area contributed by atoms with Gasteiger partial charge in [0.05, 0.1) is 20.8 Å². The zero-order valence-corrected chi connectivity index (χ0v) is 25.7. The van der Waals surface area contributed by atoms with E-state index in [-0.39, 0.29) is 34.3 Å². The van der Waals surface area contributed by atoms with Gasteiger partial charge in [0.1, 0.15) is 11.5 Å². The van der Waals surface area contributed by atoms with Crippen molar-refractivity contribution in [2.75, 3.05) is 32.4 Å². The molecule has 2 amide bonds. The lowest BCUT2D eigenvalue weighted by molar-refractivity contribution is -0.114. The van der Waals surface area contributed by atoms with Gasteiger partial charge in [-0.15, -0.1) is 0 Å². The van der Waals surface area contributed by atoms with E-state index in [0.29, 0.717) is 50.8 Å². The van der Waals surface area contributed by atoms with Gasteiger partial charge in [0.15, 0.2) is 20.2 Å². The number of phenols is 2. The Labute approximate surface area is 257 Å². The van der Waals surface area contributed by atoms with Gasteiger partial charge >= 0.3 is 0 Å². The molecule has 4 aliphatic rings. The molecule has 4 heterocycles. The van der Waals surface area contributed by atoms with Crippen molar-refractivity contribution in [3.63, 3.8) is 0 Å². The van der Waals surface area contributed by atoms with E-state index in [0.717, 1.165) is 32.2 Å². The molecular formula is C29H30N4O7S3.